The Bertz CT molecular complexity index is 1050. The van der Waals surface area contributed by atoms with E-state index in [1.54, 1.807) is 0 Å². The zero-order valence-corrected chi connectivity index (χ0v) is 17.5. The predicted octanol–water partition coefficient (Wildman–Crippen LogP) is 2.04. The van der Waals surface area contributed by atoms with Gasteiger partial charge in [-0.3, -0.25) is 10.0 Å². The summed E-state index contributed by atoms with van der Waals surface area (Å²) >= 11 is 0. The van der Waals surface area contributed by atoms with Gasteiger partial charge in [-0.2, -0.15) is 0 Å². The average Bonchev–Trinajstić information content (AvgIpc) is 3.20. The van der Waals surface area contributed by atoms with E-state index < -0.39 is 26.6 Å². The van der Waals surface area contributed by atoms with Gasteiger partial charge in [-0.15, -0.1) is 0 Å². The molecule has 8 nitrogen and oxygen atoms in total. The van der Waals surface area contributed by atoms with E-state index in [9.17, 15) is 13.2 Å². The zero-order chi connectivity index (χ0) is 21.9. The number of carbonyl (C=O) groups is 1. The Kier molecular flexibility index (Phi) is 6.25. The maximum absolute atomic E-state index is 12.1. The van der Waals surface area contributed by atoms with Gasteiger partial charge < -0.3 is 9.94 Å². The van der Waals surface area contributed by atoms with Crippen molar-refractivity contribution in [2.45, 2.75) is 37.2 Å². The van der Waals surface area contributed by atoms with E-state index in [1.165, 1.54) is 12.4 Å². The SMILES string of the molecule is CC(C[C@H]1CC(c2ccc(-c3ccc(CO)cc3)cc2)=NO1)(C(=O)NO)S(C)(=O)=O. The van der Waals surface area contributed by atoms with Crippen molar-refractivity contribution in [3.63, 3.8) is 0 Å². The van der Waals surface area contributed by atoms with Crippen LogP contribution >= 0.6 is 0 Å². The van der Waals surface area contributed by atoms with Gasteiger partial charge in [-0.25, -0.2) is 13.9 Å². The van der Waals surface area contributed by atoms with Crippen molar-refractivity contribution in [3.8, 4) is 11.1 Å². The Labute approximate surface area is 175 Å². The molecule has 1 aliphatic heterocycles. The first-order valence-electron chi connectivity index (χ1n) is 9.35. The quantitative estimate of drug-likeness (QED) is 0.454. The lowest BCUT2D eigenvalue weighted by molar-refractivity contribution is -0.132. The van der Waals surface area contributed by atoms with Gasteiger partial charge in [0.25, 0.3) is 5.91 Å². The highest BCUT2D eigenvalue weighted by atomic mass is 32.2. The number of aliphatic hydroxyl groups is 1. The van der Waals surface area contributed by atoms with Crippen molar-refractivity contribution in [2.24, 2.45) is 5.16 Å². The smallest absolute Gasteiger partial charge is 0.264 e. The summed E-state index contributed by atoms with van der Waals surface area (Å²) in [6.07, 6.45) is 0.544. The summed E-state index contributed by atoms with van der Waals surface area (Å²) < 4.78 is 22.4. The lowest BCUT2D eigenvalue weighted by Gasteiger charge is -2.26. The highest BCUT2D eigenvalue weighted by Crippen LogP contribution is 2.30. The van der Waals surface area contributed by atoms with Crippen LogP contribution in [-0.4, -0.2) is 47.5 Å². The molecule has 3 rings (SSSR count). The summed E-state index contributed by atoms with van der Waals surface area (Å²) in [5.41, 5.74) is 5.78. The van der Waals surface area contributed by atoms with Crippen LogP contribution in [0.5, 0.6) is 0 Å². The highest BCUT2D eigenvalue weighted by Gasteiger charge is 2.47. The molecular weight excluding hydrogens is 408 g/mol. The summed E-state index contributed by atoms with van der Waals surface area (Å²) in [7, 11) is -3.81. The van der Waals surface area contributed by atoms with Crippen molar-refractivity contribution in [3.05, 3.63) is 59.7 Å². The van der Waals surface area contributed by atoms with Crippen LogP contribution in [0.4, 0.5) is 0 Å². The molecule has 0 aromatic heterocycles. The fraction of sp³-hybridized carbons (Fsp3) is 0.333. The molecule has 0 saturated heterocycles. The van der Waals surface area contributed by atoms with Crippen LogP contribution in [0.3, 0.4) is 0 Å². The van der Waals surface area contributed by atoms with Crippen molar-refractivity contribution in [1.29, 1.82) is 0 Å². The molecule has 0 aliphatic carbocycles. The highest BCUT2D eigenvalue weighted by molar-refractivity contribution is 7.92. The molecule has 1 unspecified atom stereocenters. The van der Waals surface area contributed by atoms with E-state index in [2.05, 4.69) is 5.16 Å². The summed E-state index contributed by atoms with van der Waals surface area (Å²) in [6, 6.07) is 15.3. The molecule has 0 saturated carbocycles. The molecule has 0 radical (unpaired) electrons. The maximum Gasteiger partial charge on any atom is 0.264 e. The van der Waals surface area contributed by atoms with Crippen molar-refractivity contribution >= 4 is 21.5 Å². The molecule has 1 heterocycles. The van der Waals surface area contributed by atoms with E-state index in [4.69, 9.17) is 15.2 Å². The molecular formula is C21H24N2O6S. The van der Waals surface area contributed by atoms with Crippen LogP contribution in [-0.2, 0) is 26.1 Å². The molecule has 30 heavy (non-hydrogen) atoms. The number of hydrogen-bond donors (Lipinski definition) is 3. The number of oxime groups is 1. The van der Waals surface area contributed by atoms with E-state index in [1.807, 2.05) is 48.5 Å². The van der Waals surface area contributed by atoms with Crippen molar-refractivity contribution in [1.82, 2.24) is 5.48 Å². The molecule has 0 bridgehead atoms. The van der Waals surface area contributed by atoms with E-state index in [-0.39, 0.29) is 13.0 Å². The lowest BCUT2D eigenvalue weighted by atomic mass is 9.95. The molecule has 2 aromatic carbocycles. The number of rotatable bonds is 7. The summed E-state index contributed by atoms with van der Waals surface area (Å²) in [4.78, 5) is 17.4. The predicted molar refractivity (Wildman–Crippen MR) is 112 cm³/mol. The molecule has 2 aromatic rings. The Morgan fingerprint density at radius 1 is 1.13 bits per heavy atom. The second-order valence-corrected chi connectivity index (χ2v) is 10.00. The van der Waals surface area contributed by atoms with Gasteiger partial charge in [-0.05, 0) is 29.2 Å². The first kappa shape index (κ1) is 21.9. The Morgan fingerprint density at radius 3 is 2.17 bits per heavy atom. The van der Waals surface area contributed by atoms with Gasteiger partial charge in [0.15, 0.2) is 14.6 Å². The van der Waals surface area contributed by atoms with Gasteiger partial charge in [0.2, 0.25) is 0 Å². The number of aliphatic hydroxyl groups excluding tert-OH is 1. The standard InChI is InChI=1S/C21H24N2O6S/c1-21(20(25)22-26,30(2,27)28)12-18-11-19(23-29-18)17-9-7-16(8-10-17)15-5-3-14(13-24)4-6-15/h3-10,18,24,26H,11-13H2,1-2H3,(H,22,25)/t18-,21?/m1/s1. The van der Waals surface area contributed by atoms with Gasteiger partial charge in [0, 0.05) is 19.1 Å². The normalized spacial score (nSPS) is 18.3. The number of sulfone groups is 1. The van der Waals surface area contributed by atoms with Crippen LogP contribution in [0.25, 0.3) is 11.1 Å². The van der Waals surface area contributed by atoms with Gasteiger partial charge in [0.05, 0.1) is 12.3 Å². The fourth-order valence-corrected chi connectivity index (χ4v) is 4.20. The van der Waals surface area contributed by atoms with Crippen molar-refractivity contribution in [2.75, 3.05) is 6.26 Å². The summed E-state index contributed by atoms with van der Waals surface area (Å²) in [6.45, 7) is 1.25. The number of hydrogen-bond acceptors (Lipinski definition) is 7. The van der Waals surface area contributed by atoms with Crippen LogP contribution in [0.15, 0.2) is 53.7 Å². The summed E-state index contributed by atoms with van der Waals surface area (Å²) in [5.74, 6) is -1.00. The number of nitrogens with one attached hydrogen (secondary N) is 1. The monoisotopic (exact) mass is 432 g/mol. The molecule has 3 N–H and O–H groups in total. The largest absolute Gasteiger partial charge is 0.392 e. The third-order valence-corrected chi connectivity index (χ3v) is 7.43. The molecule has 160 valence electrons. The number of nitrogens with zero attached hydrogens (tertiary/aromatic N) is 1. The lowest BCUT2D eigenvalue weighted by Crippen LogP contribution is -2.51. The number of hydroxylamine groups is 1. The second-order valence-electron chi connectivity index (χ2n) is 7.55. The van der Waals surface area contributed by atoms with E-state index >= 15 is 0 Å². The molecule has 1 aliphatic rings. The Hall–Kier alpha value is -2.75. The molecule has 2 atom stereocenters. The van der Waals surface area contributed by atoms with Gasteiger partial charge in [-0.1, -0.05) is 53.7 Å². The summed E-state index contributed by atoms with van der Waals surface area (Å²) in [5, 5.41) is 22.1. The minimum atomic E-state index is -3.81. The molecule has 1 amide bonds. The van der Waals surface area contributed by atoms with Crippen LogP contribution < -0.4 is 5.48 Å². The van der Waals surface area contributed by atoms with E-state index in [0.717, 1.165) is 28.5 Å². The fourth-order valence-electron chi connectivity index (χ4n) is 3.33. The van der Waals surface area contributed by atoms with E-state index in [0.29, 0.717) is 12.1 Å². The first-order valence-corrected chi connectivity index (χ1v) is 11.2. The third kappa shape index (κ3) is 4.38. The molecule has 0 spiro atoms. The zero-order valence-electron chi connectivity index (χ0n) is 16.7. The minimum absolute atomic E-state index is 0.00144. The van der Waals surface area contributed by atoms with Crippen LogP contribution in [0, 0.1) is 0 Å². The van der Waals surface area contributed by atoms with Gasteiger partial charge in [0.1, 0.15) is 6.10 Å². The third-order valence-electron chi connectivity index (χ3n) is 5.44. The maximum atomic E-state index is 12.1. The molecule has 9 heteroatoms. The average molecular weight is 432 g/mol. The number of benzene rings is 2. The minimum Gasteiger partial charge on any atom is -0.392 e. The molecule has 0 fully saturated rings. The second kappa shape index (κ2) is 8.55. The Morgan fingerprint density at radius 2 is 1.67 bits per heavy atom. The number of carbonyl (C=O) groups excluding carboxylic acids is 1. The Balaban J connectivity index is 1.71. The van der Waals surface area contributed by atoms with Crippen LogP contribution in [0.2, 0.25) is 0 Å². The number of amides is 1. The van der Waals surface area contributed by atoms with Crippen molar-refractivity contribution < 1.29 is 28.4 Å². The first-order chi connectivity index (χ1) is 14.2. The topological polar surface area (TPSA) is 125 Å². The van der Waals surface area contributed by atoms with Gasteiger partial charge >= 0.3 is 0 Å². The van der Waals surface area contributed by atoms with Crippen LogP contribution in [0.1, 0.15) is 30.9 Å².